The lowest BCUT2D eigenvalue weighted by molar-refractivity contribution is 0.256. The van der Waals surface area contributed by atoms with Crippen molar-refractivity contribution in [3.8, 4) is 6.07 Å². The molecule has 0 unspecified atom stereocenters. The van der Waals surface area contributed by atoms with E-state index in [-0.39, 0.29) is 0 Å². The van der Waals surface area contributed by atoms with Gasteiger partial charge in [-0.05, 0) is 44.0 Å². The molecule has 0 saturated carbocycles. The minimum Gasteiger partial charge on any atom is -0.369 e. The minimum atomic E-state index is 0.678. The van der Waals surface area contributed by atoms with E-state index in [9.17, 15) is 0 Å². The summed E-state index contributed by atoms with van der Waals surface area (Å²) in [5, 5.41) is 8.57. The maximum absolute atomic E-state index is 8.57. The number of hydrogen-bond donors (Lipinski definition) is 0. The highest BCUT2D eigenvalue weighted by Gasteiger charge is 2.17. The molecule has 1 aliphatic rings. The summed E-state index contributed by atoms with van der Waals surface area (Å²) in [6.07, 6.45) is 1.68. The zero-order valence-electron chi connectivity index (χ0n) is 12.0. The Kier molecular flexibility index (Phi) is 4.81. The molecule has 0 amide bonds. The Morgan fingerprint density at radius 1 is 1.16 bits per heavy atom. The Labute approximate surface area is 116 Å². The molecule has 3 nitrogen and oxygen atoms in total. The number of nitriles is 1. The van der Waals surface area contributed by atoms with Crippen LogP contribution in [0.2, 0.25) is 0 Å². The Balaban J connectivity index is 1.89. The summed E-state index contributed by atoms with van der Waals surface area (Å²) in [5.74, 6) is 0. The molecule has 0 aromatic heterocycles. The van der Waals surface area contributed by atoms with Crippen molar-refractivity contribution in [2.75, 3.05) is 37.6 Å². The van der Waals surface area contributed by atoms with Crippen molar-refractivity contribution in [3.63, 3.8) is 0 Å². The molecule has 0 N–H and O–H groups in total. The van der Waals surface area contributed by atoms with E-state index >= 15 is 0 Å². The van der Waals surface area contributed by atoms with Gasteiger partial charge >= 0.3 is 0 Å². The lowest BCUT2D eigenvalue weighted by Gasteiger charge is -2.36. The number of nitrogens with zero attached hydrogens (tertiary/aromatic N) is 3. The number of rotatable bonds is 4. The van der Waals surface area contributed by atoms with Crippen molar-refractivity contribution < 1.29 is 0 Å². The summed E-state index contributed by atoms with van der Waals surface area (Å²) in [7, 11) is 0. The average Bonchev–Trinajstić information content (AvgIpc) is 2.43. The van der Waals surface area contributed by atoms with Crippen LogP contribution in [0.4, 0.5) is 5.69 Å². The number of hydrogen-bond acceptors (Lipinski definition) is 3. The van der Waals surface area contributed by atoms with Crippen LogP contribution in [0.3, 0.4) is 0 Å². The van der Waals surface area contributed by atoms with E-state index in [1.54, 1.807) is 0 Å². The van der Waals surface area contributed by atoms with Gasteiger partial charge in [0.2, 0.25) is 0 Å². The second-order valence-electron chi connectivity index (χ2n) is 5.38. The molecule has 19 heavy (non-hydrogen) atoms. The molecule has 3 heteroatoms. The topological polar surface area (TPSA) is 30.3 Å². The highest BCUT2D eigenvalue weighted by atomic mass is 15.3. The van der Waals surface area contributed by atoms with Crippen LogP contribution in [0, 0.1) is 25.2 Å². The summed E-state index contributed by atoms with van der Waals surface area (Å²) in [5.41, 5.74) is 4.08. The molecule has 1 aliphatic heterocycles. The van der Waals surface area contributed by atoms with Crippen molar-refractivity contribution in [1.82, 2.24) is 4.90 Å². The van der Waals surface area contributed by atoms with E-state index in [1.165, 1.54) is 16.8 Å². The fraction of sp³-hybridized carbons (Fsp3) is 0.562. The molecule has 1 heterocycles. The molecule has 1 saturated heterocycles. The summed E-state index contributed by atoms with van der Waals surface area (Å²) < 4.78 is 0. The normalized spacial score (nSPS) is 16.4. The highest BCUT2D eigenvalue weighted by molar-refractivity contribution is 5.55. The number of unbranched alkanes of at least 4 members (excludes halogenated alkanes) is 1. The second-order valence-corrected chi connectivity index (χ2v) is 5.38. The zero-order valence-corrected chi connectivity index (χ0v) is 12.0. The summed E-state index contributed by atoms with van der Waals surface area (Å²) in [6, 6.07) is 8.90. The lowest BCUT2D eigenvalue weighted by Crippen LogP contribution is -2.46. The van der Waals surface area contributed by atoms with Gasteiger partial charge < -0.3 is 4.90 Å². The van der Waals surface area contributed by atoms with Crippen LogP contribution >= 0.6 is 0 Å². The molecule has 102 valence electrons. The SMILES string of the molecule is Cc1ccc(C)c(N2CCN(CCCC#N)CC2)c1. The second kappa shape index (κ2) is 6.58. The fourth-order valence-corrected chi connectivity index (χ4v) is 2.65. The quantitative estimate of drug-likeness (QED) is 0.777. The molecule has 0 bridgehead atoms. The fourth-order valence-electron chi connectivity index (χ4n) is 2.65. The first-order valence-electron chi connectivity index (χ1n) is 7.12. The Hall–Kier alpha value is -1.53. The van der Waals surface area contributed by atoms with Gasteiger partial charge in [0.15, 0.2) is 0 Å². The largest absolute Gasteiger partial charge is 0.369 e. The van der Waals surface area contributed by atoms with Crippen LogP contribution < -0.4 is 4.90 Å². The summed E-state index contributed by atoms with van der Waals surface area (Å²) >= 11 is 0. The standard InChI is InChI=1S/C16H23N3/c1-14-5-6-15(2)16(13-14)19-11-9-18(10-12-19)8-4-3-7-17/h5-6,13H,3-4,8-12H2,1-2H3. The summed E-state index contributed by atoms with van der Waals surface area (Å²) in [4.78, 5) is 4.96. The van der Waals surface area contributed by atoms with Gasteiger partial charge in [0, 0.05) is 38.3 Å². The van der Waals surface area contributed by atoms with Crippen LogP contribution in [-0.4, -0.2) is 37.6 Å². The van der Waals surface area contributed by atoms with Gasteiger partial charge in [0.25, 0.3) is 0 Å². The molecular weight excluding hydrogens is 234 g/mol. The average molecular weight is 257 g/mol. The molecule has 2 rings (SSSR count). The smallest absolute Gasteiger partial charge is 0.0622 e. The number of aryl methyl sites for hydroxylation is 2. The van der Waals surface area contributed by atoms with Crippen LogP contribution in [0.1, 0.15) is 24.0 Å². The lowest BCUT2D eigenvalue weighted by atomic mass is 10.1. The molecule has 0 spiro atoms. The molecule has 0 radical (unpaired) electrons. The van der Waals surface area contributed by atoms with E-state index in [0.29, 0.717) is 6.42 Å². The van der Waals surface area contributed by atoms with Crippen LogP contribution in [-0.2, 0) is 0 Å². The molecule has 0 aliphatic carbocycles. The third-order valence-corrected chi connectivity index (χ3v) is 3.84. The van der Waals surface area contributed by atoms with Crippen LogP contribution in [0.15, 0.2) is 18.2 Å². The maximum Gasteiger partial charge on any atom is 0.0622 e. The molecule has 1 fully saturated rings. The maximum atomic E-state index is 8.57. The Bertz CT molecular complexity index is 454. The molecule has 0 atom stereocenters. The van der Waals surface area contributed by atoms with Gasteiger partial charge in [-0.2, -0.15) is 5.26 Å². The van der Waals surface area contributed by atoms with E-state index < -0.39 is 0 Å². The van der Waals surface area contributed by atoms with Crippen molar-refractivity contribution >= 4 is 5.69 Å². The van der Waals surface area contributed by atoms with Crippen LogP contribution in [0.5, 0.6) is 0 Å². The number of piperazine rings is 1. The van der Waals surface area contributed by atoms with Gasteiger partial charge in [-0.15, -0.1) is 0 Å². The Morgan fingerprint density at radius 2 is 1.89 bits per heavy atom. The molecule has 1 aromatic rings. The highest BCUT2D eigenvalue weighted by Crippen LogP contribution is 2.22. The van der Waals surface area contributed by atoms with Crippen molar-refractivity contribution in [1.29, 1.82) is 5.26 Å². The first-order valence-corrected chi connectivity index (χ1v) is 7.12. The van der Waals surface area contributed by atoms with E-state index in [1.807, 2.05) is 0 Å². The van der Waals surface area contributed by atoms with Crippen LogP contribution in [0.25, 0.3) is 0 Å². The van der Waals surface area contributed by atoms with Crippen molar-refractivity contribution in [2.45, 2.75) is 26.7 Å². The van der Waals surface area contributed by atoms with E-state index in [0.717, 1.165) is 39.1 Å². The van der Waals surface area contributed by atoms with Gasteiger partial charge in [0.05, 0.1) is 6.07 Å². The van der Waals surface area contributed by atoms with Gasteiger partial charge in [0.1, 0.15) is 0 Å². The first-order chi connectivity index (χ1) is 9.20. The minimum absolute atomic E-state index is 0.678. The predicted octanol–water partition coefficient (Wildman–Crippen LogP) is 2.73. The third-order valence-electron chi connectivity index (χ3n) is 3.84. The molecule has 1 aromatic carbocycles. The van der Waals surface area contributed by atoms with Crippen molar-refractivity contribution in [3.05, 3.63) is 29.3 Å². The zero-order chi connectivity index (χ0) is 13.7. The van der Waals surface area contributed by atoms with E-state index in [4.69, 9.17) is 5.26 Å². The van der Waals surface area contributed by atoms with Gasteiger partial charge in [-0.3, -0.25) is 4.90 Å². The number of benzene rings is 1. The summed E-state index contributed by atoms with van der Waals surface area (Å²) in [6.45, 7) is 9.81. The molecular formula is C16H23N3. The Morgan fingerprint density at radius 3 is 2.58 bits per heavy atom. The van der Waals surface area contributed by atoms with Gasteiger partial charge in [-0.25, -0.2) is 0 Å². The van der Waals surface area contributed by atoms with Gasteiger partial charge in [-0.1, -0.05) is 12.1 Å². The number of anilines is 1. The van der Waals surface area contributed by atoms with Crippen molar-refractivity contribution in [2.24, 2.45) is 0 Å². The monoisotopic (exact) mass is 257 g/mol. The van der Waals surface area contributed by atoms with E-state index in [2.05, 4.69) is 47.9 Å². The third kappa shape index (κ3) is 3.71. The first kappa shape index (κ1) is 13.9. The predicted molar refractivity (Wildman–Crippen MR) is 79.4 cm³/mol.